The van der Waals surface area contributed by atoms with Crippen molar-refractivity contribution in [3.05, 3.63) is 23.8 Å². The van der Waals surface area contributed by atoms with Crippen LogP contribution in [-0.4, -0.2) is 26.3 Å². The smallest absolute Gasteiger partial charge is 0.122 e. The summed E-state index contributed by atoms with van der Waals surface area (Å²) >= 11 is 0. The number of hydrogen-bond acceptors (Lipinski definition) is 3. The predicted molar refractivity (Wildman–Crippen MR) is 80.2 cm³/mol. The maximum absolute atomic E-state index is 5.38. The Bertz CT molecular complexity index is 383. The van der Waals surface area contributed by atoms with Gasteiger partial charge in [-0.1, -0.05) is 0 Å². The first kappa shape index (κ1) is 15.8. The van der Waals surface area contributed by atoms with Crippen LogP contribution in [0.5, 0.6) is 11.5 Å². The third-order valence-corrected chi connectivity index (χ3v) is 3.02. The fourth-order valence-electron chi connectivity index (χ4n) is 1.98. The lowest BCUT2D eigenvalue weighted by molar-refractivity contribution is 0.396. The molecular formula is C16H27NO2. The Morgan fingerprint density at radius 3 is 2.37 bits per heavy atom. The molecule has 0 saturated heterocycles. The van der Waals surface area contributed by atoms with Crippen LogP contribution in [0, 0.1) is 0 Å². The molecule has 0 fully saturated rings. The number of rotatable bonds is 7. The van der Waals surface area contributed by atoms with Crippen LogP contribution in [-0.2, 0) is 6.42 Å². The lowest BCUT2D eigenvalue weighted by atomic mass is 10.1. The molecule has 3 nitrogen and oxygen atoms in total. The number of unbranched alkanes of at least 4 members (excludes halogenated alkanes) is 1. The van der Waals surface area contributed by atoms with Crippen molar-refractivity contribution in [2.24, 2.45) is 0 Å². The zero-order chi connectivity index (χ0) is 14.3. The summed E-state index contributed by atoms with van der Waals surface area (Å²) < 4.78 is 10.6. The molecule has 1 aromatic rings. The highest BCUT2D eigenvalue weighted by atomic mass is 16.5. The summed E-state index contributed by atoms with van der Waals surface area (Å²) in [5, 5.41) is 3.50. The van der Waals surface area contributed by atoms with E-state index >= 15 is 0 Å². The molecule has 19 heavy (non-hydrogen) atoms. The van der Waals surface area contributed by atoms with E-state index in [0.717, 1.165) is 37.3 Å². The van der Waals surface area contributed by atoms with Gasteiger partial charge in [0.25, 0.3) is 0 Å². The van der Waals surface area contributed by atoms with Crippen molar-refractivity contribution in [3.8, 4) is 11.5 Å². The SMILES string of the molecule is COc1ccc(OC)c(CCCCNC(C)(C)C)c1. The van der Waals surface area contributed by atoms with Crippen molar-refractivity contribution in [2.45, 2.75) is 45.6 Å². The minimum atomic E-state index is 0.202. The normalized spacial score (nSPS) is 11.4. The molecule has 108 valence electrons. The first-order valence-corrected chi connectivity index (χ1v) is 6.92. The molecule has 0 atom stereocenters. The molecule has 0 spiro atoms. The van der Waals surface area contributed by atoms with Gasteiger partial charge < -0.3 is 14.8 Å². The summed E-state index contributed by atoms with van der Waals surface area (Å²) in [7, 11) is 3.41. The standard InChI is InChI=1S/C16H27NO2/c1-16(2,3)17-11-7-6-8-13-12-14(18-4)9-10-15(13)19-5/h9-10,12,17H,6-8,11H2,1-5H3. The summed E-state index contributed by atoms with van der Waals surface area (Å²) in [5.74, 6) is 1.84. The average molecular weight is 265 g/mol. The van der Waals surface area contributed by atoms with Crippen LogP contribution in [0.4, 0.5) is 0 Å². The van der Waals surface area contributed by atoms with Gasteiger partial charge in [-0.25, -0.2) is 0 Å². The molecule has 0 radical (unpaired) electrons. The quantitative estimate of drug-likeness (QED) is 0.766. The number of ether oxygens (including phenoxy) is 2. The highest BCUT2D eigenvalue weighted by Gasteiger charge is 2.08. The van der Waals surface area contributed by atoms with Crippen molar-refractivity contribution < 1.29 is 9.47 Å². The van der Waals surface area contributed by atoms with Gasteiger partial charge in [0.2, 0.25) is 0 Å². The van der Waals surface area contributed by atoms with Gasteiger partial charge in [-0.3, -0.25) is 0 Å². The van der Waals surface area contributed by atoms with E-state index in [4.69, 9.17) is 9.47 Å². The Morgan fingerprint density at radius 1 is 1.05 bits per heavy atom. The van der Waals surface area contributed by atoms with Gasteiger partial charge in [-0.2, -0.15) is 0 Å². The predicted octanol–water partition coefficient (Wildman–Crippen LogP) is 3.41. The van der Waals surface area contributed by atoms with E-state index in [1.54, 1.807) is 14.2 Å². The Kier molecular flexibility index (Phi) is 6.16. The Labute approximate surface area is 117 Å². The number of hydrogen-bond donors (Lipinski definition) is 1. The van der Waals surface area contributed by atoms with Gasteiger partial charge in [0.05, 0.1) is 14.2 Å². The average Bonchev–Trinajstić information content (AvgIpc) is 2.36. The molecule has 1 rings (SSSR count). The lowest BCUT2D eigenvalue weighted by Gasteiger charge is -2.20. The zero-order valence-electron chi connectivity index (χ0n) is 12.9. The summed E-state index contributed by atoms with van der Waals surface area (Å²) in [6.45, 7) is 7.63. The number of methoxy groups -OCH3 is 2. The number of nitrogens with one attached hydrogen (secondary N) is 1. The molecule has 3 heteroatoms. The third kappa shape index (κ3) is 5.97. The highest BCUT2D eigenvalue weighted by Crippen LogP contribution is 2.25. The molecule has 0 saturated carbocycles. The van der Waals surface area contributed by atoms with Crippen molar-refractivity contribution in [1.29, 1.82) is 0 Å². The van der Waals surface area contributed by atoms with E-state index in [9.17, 15) is 0 Å². The summed E-state index contributed by atoms with van der Waals surface area (Å²) in [4.78, 5) is 0. The number of benzene rings is 1. The molecular weight excluding hydrogens is 238 g/mol. The minimum absolute atomic E-state index is 0.202. The highest BCUT2D eigenvalue weighted by molar-refractivity contribution is 5.40. The Morgan fingerprint density at radius 2 is 1.79 bits per heavy atom. The zero-order valence-corrected chi connectivity index (χ0v) is 12.9. The fourth-order valence-corrected chi connectivity index (χ4v) is 1.98. The molecule has 0 heterocycles. The summed E-state index contributed by atoms with van der Waals surface area (Å²) in [5.41, 5.74) is 1.42. The third-order valence-electron chi connectivity index (χ3n) is 3.02. The van der Waals surface area contributed by atoms with Crippen molar-refractivity contribution in [3.63, 3.8) is 0 Å². The topological polar surface area (TPSA) is 30.5 Å². The molecule has 0 amide bonds. The van der Waals surface area contributed by atoms with Gasteiger partial charge >= 0.3 is 0 Å². The molecule has 0 aliphatic rings. The minimum Gasteiger partial charge on any atom is -0.497 e. The van der Waals surface area contributed by atoms with Crippen LogP contribution >= 0.6 is 0 Å². The largest absolute Gasteiger partial charge is 0.497 e. The van der Waals surface area contributed by atoms with Crippen LogP contribution in [0.25, 0.3) is 0 Å². The second kappa shape index (κ2) is 7.39. The van der Waals surface area contributed by atoms with E-state index in [1.807, 2.05) is 12.1 Å². The van der Waals surface area contributed by atoms with Crippen LogP contribution in [0.3, 0.4) is 0 Å². The molecule has 0 aromatic heterocycles. The Hall–Kier alpha value is -1.22. The van der Waals surface area contributed by atoms with Gasteiger partial charge in [0, 0.05) is 5.54 Å². The van der Waals surface area contributed by atoms with E-state index < -0.39 is 0 Å². The van der Waals surface area contributed by atoms with Crippen molar-refractivity contribution >= 4 is 0 Å². The van der Waals surface area contributed by atoms with Gasteiger partial charge in [-0.15, -0.1) is 0 Å². The fraction of sp³-hybridized carbons (Fsp3) is 0.625. The second-order valence-electron chi connectivity index (χ2n) is 5.81. The monoisotopic (exact) mass is 265 g/mol. The van der Waals surface area contributed by atoms with Gasteiger partial charge in [0.15, 0.2) is 0 Å². The van der Waals surface area contributed by atoms with Crippen molar-refractivity contribution in [1.82, 2.24) is 5.32 Å². The summed E-state index contributed by atoms with van der Waals surface area (Å²) in [6, 6.07) is 5.97. The second-order valence-corrected chi connectivity index (χ2v) is 5.81. The van der Waals surface area contributed by atoms with Crippen LogP contribution < -0.4 is 14.8 Å². The molecule has 0 unspecified atom stereocenters. The summed E-state index contributed by atoms with van der Waals surface area (Å²) in [6.07, 6.45) is 3.33. The van der Waals surface area contributed by atoms with Crippen LogP contribution in [0.15, 0.2) is 18.2 Å². The van der Waals surface area contributed by atoms with E-state index in [-0.39, 0.29) is 5.54 Å². The van der Waals surface area contributed by atoms with Crippen molar-refractivity contribution in [2.75, 3.05) is 20.8 Å². The lowest BCUT2D eigenvalue weighted by Crippen LogP contribution is -2.36. The van der Waals surface area contributed by atoms with Crippen LogP contribution in [0.2, 0.25) is 0 Å². The molecule has 0 bridgehead atoms. The van der Waals surface area contributed by atoms with Gasteiger partial charge in [0.1, 0.15) is 11.5 Å². The van der Waals surface area contributed by atoms with Crippen LogP contribution in [0.1, 0.15) is 39.2 Å². The van der Waals surface area contributed by atoms with E-state index in [0.29, 0.717) is 0 Å². The molecule has 0 aliphatic heterocycles. The van der Waals surface area contributed by atoms with Gasteiger partial charge in [-0.05, 0) is 70.3 Å². The number of aryl methyl sites for hydroxylation is 1. The van der Waals surface area contributed by atoms with E-state index in [2.05, 4.69) is 32.2 Å². The maximum atomic E-state index is 5.38. The molecule has 1 aromatic carbocycles. The first-order chi connectivity index (χ1) is 8.96. The molecule has 0 aliphatic carbocycles. The molecule has 1 N–H and O–H groups in total. The first-order valence-electron chi connectivity index (χ1n) is 6.92. The maximum Gasteiger partial charge on any atom is 0.122 e. The van der Waals surface area contributed by atoms with E-state index in [1.165, 1.54) is 5.56 Å². The Balaban J connectivity index is 2.43.